The smallest absolute Gasteiger partial charge is 0.0125 e. The summed E-state index contributed by atoms with van der Waals surface area (Å²) < 4.78 is 0. The van der Waals surface area contributed by atoms with Gasteiger partial charge in [-0.25, -0.2) is 0 Å². The van der Waals surface area contributed by atoms with E-state index in [1.807, 2.05) is 0 Å². The minimum Gasteiger partial charge on any atom is -0.312 e. The Balaban J connectivity index is 2.19. The van der Waals surface area contributed by atoms with Gasteiger partial charge in [-0.1, -0.05) is 33.1 Å². The summed E-state index contributed by atoms with van der Waals surface area (Å²) in [7, 11) is 0. The van der Waals surface area contributed by atoms with Crippen LogP contribution in [-0.4, -0.2) is 12.1 Å². The van der Waals surface area contributed by atoms with Crippen LogP contribution in [0.5, 0.6) is 0 Å². The highest BCUT2D eigenvalue weighted by Gasteiger charge is 2.21. The Kier molecular flexibility index (Phi) is 5.11. The molecule has 1 N–H and O–H groups in total. The van der Waals surface area contributed by atoms with Crippen LogP contribution in [0.4, 0.5) is 0 Å². The second-order valence-electron chi connectivity index (χ2n) is 6.14. The second-order valence-corrected chi connectivity index (χ2v) is 6.14. The standard InChI is InChI=1S/C14H29N/c1-5-10-14(3,4)15-11-13-8-6-12(2)7-9-13/h12-13,15H,5-11H2,1-4H3. The van der Waals surface area contributed by atoms with Crippen LogP contribution in [0.15, 0.2) is 0 Å². The van der Waals surface area contributed by atoms with Crippen LogP contribution >= 0.6 is 0 Å². The molecule has 0 aromatic rings. The van der Waals surface area contributed by atoms with Crippen molar-refractivity contribution in [3.8, 4) is 0 Å². The van der Waals surface area contributed by atoms with E-state index in [9.17, 15) is 0 Å². The van der Waals surface area contributed by atoms with Crippen LogP contribution in [0.25, 0.3) is 0 Å². The molecule has 0 unspecified atom stereocenters. The molecule has 15 heavy (non-hydrogen) atoms. The number of hydrogen-bond acceptors (Lipinski definition) is 1. The van der Waals surface area contributed by atoms with Crippen LogP contribution < -0.4 is 5.32 Å². The Morgan fingerprint density at radius 3 is 2.27 bits per heavy atom. The number of hydrogen-bond donors (Lipinski definition) is 1. The van der Waals surface area contributed by atoms with Crippen molar-refractivity contribution < 1.29 is 0 Å². The van der Waals surface area contributed by atoms with E-state index in [0.717, 1.165) is 11.8 Å². The van der Waals surface area contributed by atoms with E-state index in [-0.39, 0.29) is 0 Å². The van der Waals surface area contributed by atoms with E-state index in [1.165, 1.54) is 45.1 Å². The van der Waals surface area contributed by atoms with Gasteiger partial charge in [0.15, 0.2) is 0 Å². The van der Waals surface area contributed by atoms with E-state index in [0.29, 0.717) is 5.54 Å². The van der Waals surface area contributed by atoms with E-state index in [4.69, 9.17) is 0 Å². The number of rotatable bonds is 5. The molecule has 0 radical (unpaired) electrons. The van der Waals surface area contributed by atoms with Gasteiger partial charge in [-0.05, 0) is 51.5 Å². The van der Waals surface area contributed by atoms with E-state index in [1.54, 1.807) is 0 Å². The highest BCUT2D eigenvalue weighted by atomic mass is 15.0. The molecule has 0 atom stereocenters. The Labute approximate surface area is 96.0 Å². The minimum atomic E-state index is 0.345. The summed E-state index contributed by atoms with van der Waals surface area (Å²) in [5.41, 5.74) is 0.345. The molecule has 0 amide bonds. The van der Waals surface area contributed by atoms with E-state index >= 15 is 0 Å². The Morgan fingerprint density at radius 1 is 1.13 bits per heavy atom. The molecule has 1 fully saturated rings. The van der Waals surface area contributed by atoms with Crippen molar-refractivity contribution in [2.75, 3.05) is 6.54 Å². The third kappa shape index (κ3) is 5.01. The van der Waals surface area contributed by atoms with Crippen LogP contribution in [0.2, 0.25) is 0 Å². The third-order valence-corrected chi connectivity index (χ3v) is 3.88. The molecule has 0 bridgehead atoms. The van der Waals surface area contributed by atoms with Crippen LogP contribution in [-0.2, 0) is 0 Å². The summed E-state index contributed by atoms with van der Waals surface area (Å²) in [5, 5.41) is 3.74. The van der Waals surface area contributed by atoms with Gasteiger partial charge < -0.3 is 5.32 Å². The molecule has 0 aromatic carbocycles. The quantitative estimate of drug-likeness (QED) is 0.725. The largest absolute Gasteiger partial charge is 0.312 e. The summed E-state index contributed by atoms with van der Waals surface area (Å²) in [4.78, 5) is 0. The fraction of sp³-hybridized carbons (Fsp3) is 1.00. The van der Waals surface area contributed by atoms with Crippen molar-refractivity contribution in [3.63, 3.8) is 0 Å². The van der Waals surface area contributed by atoms with Gasteiger partial charge in [0.1, 0.15) is 0 Å². The summed E-state index contributed by atoms with van der Waals surface area (Å²) in [5.74, 6) is 1.92. The molecule has 0 aromatic heterocycles. The molecule has 1 aliphatic carbocycles. The molecule has 1 saturated carbocycles. The van der Waals surface area contributed by atoms with Gasteiger partial charge in [-0.15, -0.1) is 0 Å². The maximum Gasteiger partial charge on any atom is 0.0125 e. The molecule has 0 saturated heterocycles. The Morgan fingerprint density at radius 2 is 1.73 bits per heavy atom. The summed E-state index contributed by atoms with van der Waals surface area (Å²) in [6, 6.07) is 0. The molecule has 0 spiro atoms. The van der Waals surface area contributed by atoms with Gasteiger partial charge in [-0.2, -0.15) is 0 Å². The first-order valence-corrected chi connectivity index (χ1v) is 6.78. The van der Waals surface area contributed by atoms with E-state index in [2.05, 4.69) is 33.0 Å². The summed E-state index contributed by atoms with van der Waals surface area (Å²) >= 11 is 0. The molecule has 90 valence electrons. The normalized spacial score (nSPS) is 28.0. The monoisotopic (exact) mass is 211 g/mol. The van der Waals surface area contributed by atoms with Gasteiger partial charge in [0.2, 0.25) is 0 Å². The molecular weight excluding hydrogens is 182 g/mol. The van der Waals surface area contributed by atoms with Gasteiger partial charge in [-0.3, -0.25) is 0 Å². The molecule has 0 aliphatic heterocycles. The third-order valence-electron chi connectivity index (χ3n) is 3.88. The van der Waals surface area contributed by atoms with Crippen LogP contribution in [0.3, 0.4) is 0 Å². The fourth-order valence-electron chi connectivity index (χ4n) is 2.67. The van der Waals surface area contributed by atoms with Crippen molar-refractivity contribution in [1.29, 1.82) is 0 Å². The van der Waals surface area contributed by atoms with Gasteiger partial charge >= 0.3 is 0 Å². The maximum absolute atomic E-state index is 3.74. The highest BCUT2D eigenvalue weighted by molar-refractivity contribution is 4.80. The van der Waals surface area contributed by atoms with Gasteiger partial charge in [0.05, 0.1) is 0 Å². The SMILES string of the molecule is CCCC(C)(C)NCC1CCC(C)CC1. The average molecular weight is 211 g/mol. The molecule has 0 heterocycles. The van der Waals surface area contributed by atoms with Crippen molar-refractivity contribution in [2.45, 2.75) is 71.8 Å². The Hall–Kier alpha value is -0.0400. The zero-order valence-electron chi connectivity index (χ0n) is 11.1. The number of nitrogens with one attached hydrogen (secondary N) is 1. The molecule has 1 nitrogen and oxygen atoms in total. The summed E-state index contributed by atoms with van der Waals surface area (Å²) in [6.45, 7) is 10.6. The van der Waals surface area contributed by atoms with Gasteiger partial charge in [0.25, 0.3) is 0 Å². The Bertz CT molecular complexity index is 166. The zero-order valence-corrected chi connectivity index (χ0v) is 11.1. The van der Waals surface area contributed by atoms with Crippen molar-refractivity contribution in [2.24, 2.45) is 11.8 Å². The summed E-state index contributed by atoms with van der Waals surface area (Å²) in [6.07, 6.45) is 8.34. The average Bonchev–Trinajstić information content (AvgIpc) is 2.17. The lowest BCUT2D eigenvalue weighted by molar-refractivity contribution is 0.251. The molecule has 1 rings (SSSR count). The molecule has 1 aliphatic rings. The van der Waals surface area contributed by atoms with Crippen LogP contribution in [0.1, 0.15) is 66.2 Å². The lowest BCUT2D eigenvalue weighted by atomic mass is 9.82. The van der Waals surface area contributed by atoms with Gasteiger partial charge in [0, 0.05) is 5.54 Å². The first-order chi connectivity index (χ1) is 7.03. The highest BCUT2D eigenvalue weighted by Crippen LogP contribution is 2.28. The maximum atomic E-state index is 3.74. The first kappa shape index (κ1) is 13.0. The zero-order chi connectivity index (χ0) is 11.3. The predicted octanol–water partition coefficient (Wildman–Crippen LogP) is 3.98. The fourth-order valence-corrected chi connectivity index (χ4v) is 2.67. The second kappa shape index (κ2) is 5.89. The van der Waals surface area contributed by atoms with Crippen molar-refractivity contribution >= 4 is 0 Å². The molecule has 1 heteroatoms. The van der Waals surface area contributed by atoms with Crippen molar-refractivity contribution in [1.82, 2.24) is 5.32 Å². The van der Waals surface area contributed by atoms with E-state index < -0.39 is 0 Å². The topological polar surface area (TPSA) is 12.0 Å². The molecular formula is C14H29N. The first-order valence-electron chi connectivity index (χ1n) is 6.78. The predicted molar refractivity (Wildman–Crippen MR) is 68.1 cm³/mol. The lowest BCUT2D eigenvalue weighted by Crippen LogP contribution is -2.42. The van der Waals surface area contributed by atoms with Crippen molar-refractivity contribution in [3.05, 3.63) is 0 Å². The minimum absolute atomic E-state index is 0.345. The van der Waals surface area contributed by atoms with Crippen LogP contribution in [0, 0.1) is 11.8 Å². The lowest BCUT2D eigenvalue weighted by Gasteiger charge is -2.31.